The summed E-state index contributed by atoms with van der Waals surface area (Å²) in [5, 5.41) is 13.5. The summed E-state index contributed by atoms with van der Waals surface area (Å²) in [4.78, 5) is 43.1. The van der Waals surface area contributed by atoms with Crippen LogP contribution in [0.1, 0.15) is 95.9 Å². The number of ketones is 2. The van der Waals surface area contributed by atoms with Gasteiger partial charge < -0.3 is 10.4 Å². The summed E-state index contributed by atoms with van der Waals surface area (Å²) in [6.07, 6.45) is 0.798. The van der Waals surface area contributed by atoms with Gasteiger partial charge in [-0.1, -0.05) is 57.9 Å². The molecule has 0 spiro atoms. The van der Waals surface area contributed by atoms with E-state index in [-0.39, 0.29) is 55.1 Å². The standard InChI is InChI=1S/C31H42N2O4S/c1-7-27(36)33-30(31(4,5)6)28(37)25-17-23(34)16-24(25)26(35)11-9-8-10-19(2)21-12-14-22(15-13-21)29-20(3)32-18-38-29/h12-15,18-20,23-25,29-30,34H,7,9,11,16-17H2,1-6H3,(H,33,36)/t19?,20?,23-,24?,25?,29?,30?/m1/s1. The van der Waals surface area contributed by atoms with Gasteiger partial charge in [-0.05, 0) is 43.2 Å². The molecular weight excluding hydrogens is 496 g/mol. The molecule has 2 N–H and O–H groups in total. The van der Waals surface area contributed by atoms with E-state index in [1.54, 1.807) is 18.7 Å². The number of thioether (sulfide) groups is 1. The summed E-state index contributed by atoms with van der Waals surface area (Å²) in [7, 11) is 0. The Balaban J connectivity index is 1.58. The van der Waals surface area contributed by atoms with Crippen LogP contribution in [0, 0.1) is 29.1 Å². The van der Waals surface area contributed by atoms with Gasteiger partial charge >= 0.3 is 0 Å². The predicted molar refractivity (Wildman–Crippen MR) is 154 cm³/mol. The molecule has 3 rings (SSSR count). The van der Waals surface area contributed by atoms with Gasteiger partial charge in [0, 0.05) is 37.0 Å². The van der Waals surface area contributed by atoms with E-state index in [0.29, 0.717) is 11.7 Å². The summed E-state index contributed by atoms with van der Waals surface area (Å²) in [6.45, 7) is 11.6. The number of carbonyl (C=O) groups is 3. The molecule has 0 radical (unpaired) electrons. The van der Waals surface area contributed by atoms with E-state index < -0.39 is 29.4 Å². The topological polar surface area (TPSA) is 95.8 Å². The monoisotopic (exact) mass is 538 g/mol. The Kier molecular flexibility index (Phi) is 10.4. The average molecular weight is 539 g/mol. The van der Waals surface area contributed by atoms with Crippen molar-refractivity contribution in [3.63, 3.8) is 0 Å². The summed E-state index contributed by atoms with van der Waals surface area (Å²) >= 11 is 1.75. The van der Waals surface area contributed by atoms with Crippen LogP contribution in [0.2, 0.25) is 0 Å². The van der Waals surface area contributed by atoms with Gasteiger partial charge in [0.1, 0.15) is 5.78 Å². The molecule has 7 heteroatoms. The van der Waals surface area contributed by atoms with Crippen LogP contribution in [-0.2, 0) is 14.4 Å². The second-order valence-electron chi connectivity index (χ2n) is 11.7. The van der Waals surface area contributed by atoms with E-state index in [2.05, 4.69) is 60.3 Å². The van der Waals surface area contributed by atoms with Crippen LogP contribution in [0.3, 0.4) is 0 Å². The lowest BCUT2D eigenvalue weighted by Gasteiger charge is -2.33. The fourth-order valence-electron chi connectivity index (χ4n) is 5.27. The van der Waals surface area contributed by atoms with Crippen molar-refractivity contribution < 1.29 is 19.5 Å². The van der Waals surface area contributed by atoms with Crippen molar-refractivity contribution in [3.05, 3.63) is 35.4 Å². The van der Waals surface area contributed by atoms with Gasteiger partial charge in [-0.3, -0.25) is 19.4 Å². The third kappa shape index (κ3) is 7.57. The first kappa shape index (κ1) is 30.1. The highest BCUT2D eigenvalue weighted by atomic mass is 32.2. The number of amides is 1. The van der Waals surface area contributed by atoms with Crippen molar-refractivity contribution in [3.8, 4) is 11.8 Å². The normalized spacial score (nSPS) is 26.3. The maximum atomic E-state index is 13.5. The number of rotatable bonds is 9. The average Bonchev–Trinajstić information content (AvgIpc) is 3.49. The maximum Gasteiger partial charge on any atom is 0.220 e. The Bertz CT molecular complexity index is 1100. The Labute approximate surface area is 231 Å². The quantitative estimate of drug-likeness (QED) is 0.419. The number of hydrogen-bond donors (Lipinski definition) is 2. The van der Waals surface area contributed by atoms with Gasteiger partial charge in [0.25, 0.3) is 0 Å². The molecule has 1 aliphatic heterocycles. The van der Waals surface area contributed by atoms with Gasteiger partial charge in [-0.25, -0.2) is 0 Å². The molecule has 1 aliphatic carbocycles. The highest BCUT2D eigenvalue weighted by Crippen LogP contribution is 2.38. The van der Waals surface area contributed by atoms with Gasteiger partial charge in [0.2, 0.25) is 5.91 Å². The van der Waals surface area contributed by atoms with Gasteiger partial charge in [0.15, 0.2) is 5.78 Å². The number of hydrogen-bond acceptors (Lipinski definition) is 6. The number of nitrogens with zero attached hydrogens (tertiary/aromatic N) is 1. The molecule has 0 aromatic heterocycles. The minimum atomic E-state index is -0.699. The van der Waals surface area contributed by atoms with E-state index in [0.717, 1.165) is 5.56 Å². The SMILES string of the molecule is CCC(=O)NC(C(=O)C1C[C@H](O)CC1C(=O)CCC#CC(C)c1ccc(C2SC=NC2C)cc1)C(C)(C)C. The molecule has 1 saturated carbocycles. The molecule has 206 valence electrons. The van der Waals surface area contributed by atoms with E-state index >= 15 is 0 Å². The smallest absolute Gasteiger partial charge is 0.220 e. The predicted octanol–water partition coefficient (Wildman–Crippen LogP) is 5.24. The fourth-order valence-corrected chi connectivity index (χ4v) is 6.28. The van der Waals surface area contributed by atoms with Crippen molar-refractivity contribution >= 4 is 34.8 Å². The zero-order valence-corrected chi connectivity index (χ0v) is 24.3. The Morgan fingerprint density at radius 3 is 2.39 bits per heavy atom. The van der Waals surface area contributed by atoms with Crippen LogP contribution in [-0.4, -0.2) is 46.3 Å². The van der Waals surface area contributed by atoms with Crippen LogP contribution in [0.25, 0.3) is 0 Å². The van der Waals surface area contributed by atoms with Crippen LogP contribution >= 0.6 is 11.8 Å². The highest BCUT2D eigenvalue weighted by molar-refractivity contribution is 8.12. The van der Waals surface area contributed by atoms with Crippen LogP contribution < -0.4 is 5.32 Å². The molecule has 0 saturated heterocycles. The lowest BCUT2D eigenvalue weighted by molar-refractivity contribution is -0.136. The zero-order chi connectivity index (χ0) is 28.0. The molecular formula is C31H42N2O4S. The molecule has 6 unspecified atom stereocenters. The van der Waals surface area contributed by atoms with Gasteiger partial charge in [0.05, 0.1) is 29.0 Å². The number of aliphatic hydroxyl groups is 1. The molecule has 2 aliphatic rings. The summed E-state index contributed by atoms with van der Waals surface area (Å²) in [5.74, 6) is 4.94. The maximum absolute atomic E-state index is 13.5. The minimum absolute atomic E-state index is 0.0360. The van der Waals surface area contributed by atoms with Gasteiger partial charge in [-0.2, -0.15) is 0 Å². The molecule has 1 amide bonds. The first-order chi connectivity index (χ1) is 17.9. The summed E-state index contributed by atoms with van der Waals surface area (Å²) in [5.41, 5.74) is 3.83. The molecule has 38 heavy (non-hydrogen) atoms. The third-order valence-corrected chi connectivity index (χ3v) is 8.82. The molecule has 1 fully saturated rings. The fraction of sp³-hybridized carbons (Fsp3) is 0.613. The summed E-state index contributed by atoms with van der Waals surface area (Å²) in [6, 6.07) is 8.11. The number of carbonyl (C=O) groups excluding carboxylic acids is 3. The zero-order valence-electron chi connectivity index (χ0n) is 23.5. The Hall–Kier alpha value is -2.43. The number of nitrogens with one attached hydrogen (secondary N) is 1. The molecule has 1 heterocycles. The number of aliphatic imine (C=N–C) groups is 1. The third-order valence-electron chi connectivity index (χ3n) is 7.62. The summed E-state index contributed by atoms with van der Waals surface area (Å²) < 4.78 is 0. The van der Waals surface area contributed by atoms with Crippen molar-refractivity contribution in [2.45, 2.75) is 103 Å². The van der Waals surface area contributed by atoms with E-state index in [9.17, 15) is 19.5 Å². The number of benzene rings is 1. The molecule has 1 aromatic rings. The van der Waals surface area contributed by atoms with Crippen molar-refractivity contribution in [1.82, 2.24) is 5.32 Å². The first-order valence-electron chi connectivity index (χ1n) is 13.7. The molecule has 1 aromatic carbocycles. The highest BCUT2D eigenvalue weighted by Gasteiger charge is 2.46. The van der Waals surface area contributed by atoms with Crippen LogP contribution in [0.15, 0.2) is 29.3 Å². The van der Waals surface area contributed by atoms with E-state index in [1.807, 2.05) is 26.3 Å². The van der Waals surface area contributed by atoms with E-state index in [1.165, 1.54) is 5.56 Å². The lowest BCUT2D eigenvalue weighted by Crippen LogP contribution is -2.52. The second kappa shape index (κ2) is 13.1. The largest absolute Gasteiger partial charge is 0.393 e. The second-order valence-corrected chi connectivity index (χ2v) is 12.7. The van der Waals surface area contributed by atoms with Crippen molar-refractivity contribution in [2.24, 2.45) is 22.2 Å². The van der Waals surface area contributed by atoms with Crippen LogP contribution in [0.5, 0.6) is 0 Å². The minimum Gasteiger partial charge on any atom is -0.393 e. The number of aliphatic hydroxyl groups excluding tert-OH is 1. The van der Waals surface area contributed by atoms with Crippen molar-refractivity contribution in [2.75, 3.05) is 0 Å². The van der Waals surface area contributed by atoms with Gasteiger partial charge in [-0.15, -0.1) is 17.7 Å². The van der Waals surface area contributed by atoms with E-state index in [4.69, 9.17) is 0 Å². The molecule has 0 bridgehead atoms. The Morgan fingerprint density at radius 2 is 1.82 bits per heavy atom. The molecule has 7 atom stereocenters. The van der Waals surface area contributed by atoms with Crippen molar-refractivity contribution in [1.29, 1.82) is 0 Å². The Morgan fingerprint density at radius 1 is 1.16 bits per heavy atom. The number of Topliss-reactive ketones (excluding diaryl/α,β-unsaturated/α-hetero) is 2. The lowest BCUT2D eigenvalue weighted by atomic mass is 9.76. The molecule has 6 nitrogen and oxygen atoms in total. The first-order valence-corrected chi connectivity index (χ1v) is 14.7. The van der Waals surface area contributed by atoms with Crippen LogP contribution in [0.4, 0.5) is 0 Å².